The molecular formula is C14H20N2O4S. The molecule has 0 fully saturated rings. The van der Waals surface area contributed by atoms with Crippen LogP contribution in [-0.4, -0.2) is 38.9 Å². The van der Waals surface area contributed by atoms with Crippen molar-refractivity contribution in [3.05, 3.63) is 23.8 Å². The molecule has 1 amide bonds. The van der Waals surface area contributed by atoms with Crippen LogP contribution in [0.1, 0.15) is 19.4 Å². The molecule has 1 aromatic rings. The number of primary sulfonamides is 1. The van der Waals surface area contributed by atoms with Crippen LogP contribution in [0.3, 0.4) is 0 Å². The molecule has 0 aliphatic carbocycles. The lowest BCUT2D eigenvalue weighted by Gasteiger charge is -2.22. The Balaban J connectivity index is 2.14. The lowest BCUT2D eigenvalue weighted by atomic mass is 10.1. The highest BCUT2D eigenvalue weighted by atomic mass is 32.2. The molecule has 0 saturated carbocycles. The van der Waals surface area contributed by atoms with Gasteiger partial charge in [-0.15, -0.1) is 0 Å². The van der Waals surface area contributed by atoms with Gasteiger partial charge in [0.15, 0.2) is 6.10 Å². The molecule has 1 aromatic carbocycles. The third-order valence-electron chi connectivity index (χ3n) is 3.33. The fraction of sp³-hybridized carbons (Fsp3) is 0.500. The highest BCUT2D eigenvalue weighted by Crippen LogP contribution is 2.31. The maximum atomic E-state index is 12.3. The minimum absolute atomic E-state index is 0.0356. The monoisotopic (exact) mass is 312 g/mol. The standard InChI is InChI=1S/C14H20N2O4S/c1-9(2)8-16(3)14(17)13-7-10-6-11(21(15,18)19)4-5-12(10)20-13/h4-6,9,13H,7-8H2,1-3H3,(H2,15,18,19). The van der Waals surface area contributed by atoms with Crippen molar-refractivity contribution < 1.29 is 17.9 Å². The molecule has 1 aliphatic heterocycles. The van der Waals surface area contributed by atoms with Crippen LogP contribution in [0.5, 0.6) is 5.75 Å². The molecule has 1 heterocycles. The van der Waals surface area contributed by atoms with E-state index in [9.17, 15) is 13.2 Å². The Hall–Kier alpha value is -1.60. The summed E-state index contributed by atoms with van der Waals surface area (Å²) in [6.45, 7) is 4.72. The van der Waals surface area contributed by atoms with E-state index in [-0.39, 0.29) is 10.8 Å². The van der Waals surface area contributed by atoms with E-state index >= 15 is 0 Å². The van der Waals surface area contributed by atoms with Crippen LogP contribution >= 0.6 is 0 Å². The Bertz CT molecular complexity index is 655. The summed E-state index contributed by atoms with van der Waals surface area (Å²) >= 11 is 0. The van der Waals surface area contributed by atoms with E-state index < -0.39 is 16.1 Å². The van der Waals surface area contributed by atoms with Crippen molar-refractivity contribution in [3.63, 3.8) is 0 Å². The maximum absolute atomic E-state index is 12.3. The van der Waals surface area contributed by atoms with Crippen LogP contribution in [0.15, 0.2) is 23.1 Å². The van der Waals surface area contributed by atoms with Gasteiger partial charge in [0.1, 0.15) is 5.75 Å². The lowest BCUT2D eigenvalue weighted by molar-refractivity contribution is -0.137. The number of nitrogens with zero attached hydrogens (tertiary/aromatic N) is 1. The number of nitrogens with two attached hydrogens (primary N) is 1. The molecule has 1 atom stereocenters. The van der Waals surface area contributed by atoms with Crippen molar-refractivity contribution in [1.29, 1.82) is 0 Å². The zero-order chi connectivity index (χ0) is 15.8. The van der Waals surface area contributed by atoms with Gasteiger partial charge in [-0.2, -0.15) is 0 Å². The third-order valence-corrected chi connectivity index (χ3v) is 4.24. The highest BCUT2D eigenvalue weighted by molar-refractivity contribution is 7.89. The van der Waals surface area contributed by atoms with E-state index in [1.807, 2.05) is 13.8 Å². The van der Waals surface area contributed by atoms with E-state index in [0.29, 0.717) is 30.2 Å². The molecule has 1 aliphatic rings. The van der Waals surface area contributed by atoms with Crippen molar-refractivity contribution in [2.24, 2.45) is 11.1 Å². The smallest absolute Gasteiger partial charge is 0.263 e. The summed E-state index contributed by atoms with van der Waals surface area (Å²) in [4.78, 5) is 14.0. The number of carbonyl (C=O) groups is 1. The zero-order valence-corrected chi connectivity index (χ0v) is 13.2. The van der Waals surface area contributed by atoms with Gasteiger partial charge in [-0.1, -0.05) is 13.8 Å². The minimum Gasteiger partial charge on any atom is -0.480 e. The van der Waals surface area contributed by atoms with E-state index in [0.717, 1.165) is 0 Å². The molecule has 0 aromatic heterocycles. The number of hydrogen-bond donors (Lipinski definition) is 1. The number of fused-ring (bicyclic) bond motifs is 1. The Morgan fingerprint density at radius 3 is 2.71 bits per heavy atom. The summed E-state index contributed by atoms with van der Waals surface area (Å²) in [5.74, 6) is 0.812. The number of benzene rings is 1. The van der Waals surface area contributed by atoms with Gasteiger partial charge in [-0.05, 0) is 29.7 Å². The quantitative estimate of drug-likeness (QED) is 0.888. The molecule has 116 valence electrons. The number of carbonyl (C=O) groups excluding carboxylic acids is 1. The number of sulfonamides is 1. The van der Waals surface area contributed by atoms with Crippen molar-refractivity contribution >= 4 is 15.9 Å². The molecule has 0 bridgehead atoms. The molecule has 0 radical (unpaired) electrons. The fourth-order valence-electron chi connectivity index (χ4n) is 2.42. The first-order valence-corrected chi connectivity index (χ1v) is 8.30. The van der Waals surface area contributed by atoms with Crippen LogP contribution in [-0.2, 0) is 21.2 Å². The Kier molecular flexibility index (Phi) is 4.25. The molecule has 1 unspecified atom stereocenters. The van der Waals surface area contributed by atoms with E-state index in [1.165, 1.54) is 12.1 Å². The molecule has 21 heavy (non-hydrogen) atoms. The molecular weight excluding hydrogens is 292 g/mol. The van der Waals surface area contributed by atoms with Crippen LogP contribution in [0.2, 0.25) is 0 Å². The van der Waals surface area contributed by atoms with Gasteiger partial charge in [0.25, 0.3) is 5.91 Å². The Labute approximate surface area is 124 Å². The van der Waals surface area contributed by atoms with Gasteiger partial charge in [-0.25, -0.2) is 13.6 Å². The Morgan fingerprint density at radius 1 is 1.48 bits per heavy atom. The normalized spacial score (nSPS) is 17.5. The average Bonchev–Trinajstić information content (AvgIpc) is 2.78. The number of ether oxygens (including phenoxy) is 1. The number of amides is 1. The second-order valence-electron chi connectivity index (χ2n) is 5.74. The molecule has 0 saturated heterocycles. The van der Waals surface area contributed by atoms with Crippen LogP contribution < -0.4 is 9.88 Å². The summed E-state index contributed by atoms with van der Waals surface area (Å²) in [7, 11) is -2.00. The second kappa shape index (κ2) is 5.65. The molecule has 0 spiro atoms. The fourth-order valence-corrected chi connectivity index (χ4v) is 2.99. The lowest BCUT2D eigenvalue weighted by Crippen LogP contribution is -2.40. The van der Waals surface area contributed by atoms with Gasteiger partial charge in [0.05, 0.1) is 4.90 Å². The second-order valence-corrected chi connectivity index (χ2v) is 7.30. The zero-order valence-electron chi connectivity index (χ0n) is 12.4. The molecule has 6 nitrogen and oxygen atoms in total. The maximum Gasteiger partial charge on any atom is 0.263 e. The number of hydrogen-bond acceptors (Lipinski definition) is 4. The average molecular weight is 312 g/mol. The number of likely N-dealkylation sites (N-methyl/N-ethyl adjacent to an activating group) is 1. The van der Waals surface area contributed by atoms with Crippen molar-refractivity contribution in [2.45, 2.75) is 31.3 Å². The molecule has 7 heteroatoms. The first-order valence-electron chi connectivity index (χ1n) is 6.76. The van der Waals surface area contributed by atoms with Crippen molar-refractivity contribution in [1.82, 2.24) is 4.90 Å². The highest BCUT2D eigenvalue weighted by Gasteiger charge is 2.32. The van der Waals surface area contributed by atoms with Gasteiger partial charge < -0.3 is 9.64 Å². The summed E-state index contributed by atoms with van der Waals surface area (Å²) in [6, 6.07) is 4.41. The van der Waals surface area contributed by atoms with Crippen LogP contribution in [0, 0.1) is 5.92 Å². The third kappa shape index (κ3) is 3.54. The minimum atomic E-state index is -3.75. The summed E-state index contributed by atoms with van der Waals surface area (Å²) < 4.78 is 28.3. The first kappa shape index (κ1) is 15.8. The van der Waals surface area contributed by atoms with Gasteiger partial charge in [0, 0.05) is 20.0 Å². The largest absolute Gasteiger partial charge is 0.480 e. The number of rotatable bonds is 4. The van der Waals surface area contributed by atoms with Crippen LogP contribution in [0.4, 0.5) is 0 Å². The van der Waals surface area contributed by atoms with E-state index in [4.69, 9.17) is 9.88 Å². The van der Waals surface area contributed by atoms with E-state index in [1.54, 1.807) is 18.0 Å². The summed E-state index contributed by atoms with van der Waals surface area (Å²) in [5, 5.41) is 5.10. The van der Waals surface area contributed by atoms with Gasteiger partial charge >= 0.3 is 0 Å². The molecule has 2 N–H and O–H groups in total. The van der Waals surface area contributed by atoms with Gasteiger partial charge in [0.2, 0.25) is 10.0 Å². The summed E-state index contributed by atoms with van der Waals surface area (Å²) in [5.41, 5.74) is 0.692. The predicted molar refractivity (Wildman–Crippen MR) is 78.4 cm³/mol. The van der Waals surface area contributed by atoms with Crippen molar-refractivity contribution in [2.75, 3.05) is 13.6 Å². The topological polar surface area (TPSA) is 89.7 Å². The predicted octanol–water partition coefficient (Wildman–Crippen LogP) is 0.752. The Morgan fingerprint density at radius 2 is 2.14 bits per heavy atom. The van der Waals surface area contributed by atoms with Crippen LogP contribution in [0.25, 0.3) is 0 Å². The molecule has 2 rings (SSSR count). The summed E-state index contributed by atoms with van der Waals surface area (Å²) in [6.07, 6.45) is -0.237. The SMILES string of the molecule is CC(C)CN(C)C(=O)C1Cc2cc(S(N)(=O)=O)ccc2O1. The first-order chi connectivity index (χ1) is 9.68. The van der Waals surface area contributed by atoms with Crippen molar-refractivity contribution in [3.8, 4) is 5.75 Å². The van der Waals surface area contributed by atoms with E-state index in [2.05, 4.69) is 0 Å². The van der Waals surface area contributed by atoms with Gasteiger partial charge in [-0.3, -0.25) is 4.79 Å².